The summed E-state index contributed by atoms with van der Waals surface area (Å²) in [4.78, 5) is 10.9. The van der Waals surface area contributed by atoms with Crippen LogP contribution in [0.3, 0.4) is 0 Å². The lowest BCUT2D eigenvalue weighted by Gasteiger charge is -2.13. The summed E-state index contributed by atoms with van der Waals surface area (Å²) in [5.41, 5.74) is 4.71. The molecule has 4 heteroatoms. The van der Waals surface area contributed by atoms with Crippen LogP contribution < -0.4 is 4.74 Å². The van der Waals surface area contributed by atoms with Crippen LogP contribution in [0, 0.1) is 5.92 Å². The topological polar surface area (TPSA) is 46.5 Å². The van der Waals surface area contributed by atoms with Crippen LogP contribution in [-0.2, 0) is 11.2 Å². The van der Waals surface area contributed by atoms with Crippen LogP contribution in [0.1, 0.15) is 38.3 Å². The number of allylic oxidation sites excluding steroid dienone is 1. The maximum atomic E-state index is 10.9. The Hall–Kier alpha value is -2.07. The van der Waals surface area contributed by atoms with Gasteiger partial charge in [-0.2, -0.15) is 0 Å². The normalized spacial score (nSPS) is 13.1. The number of rotatable bonds is 8. The van der Waals surface area contributed by atoms with E-state index in [1.54, 1.807) is 6.92 Å². The highest BCUT2D eigenvalue weighted by molar-refractivity contribution is 9.10. The maximum absolute atomic E-state index is 10.9. The molecule has 0 bridgehead atoms. The number of carboxylic acid groups (broad SMARTS) is 1. The summed E-state index contributed by atoms with van der Waals surface area (Å²) in [7, 11) is 0. The van der Waals surface area contributed by atoms with Crippen molar-refractivity contribution < 1.29 is 14.6 Å². The quantitative estimate of drug-likeness (QED) is 0.575. The van der Waals surface area contributed by atoms with Gasteiger partial charge < -0.3 is 9.84 Å². The minimum atomic E-state index is -0.772. The summed E-state index contributed by atoms with van der Waals surface area (Å²) in [6.07, 6.45) is 1.45. The predicted octanol–water partition coefficient (Wildman–Crippen LogP) is 5.97. The second-order valence-electron chi connectivity index (χ2n) is 6.47. The summed E-state index contributed by atoms with van der Waals surface area (Å²) in [6, 6.07) is 16.0. The molecule has 1 atom stereocenters. The van der Waals surface area contributed by atoms with Crippen LogP contribution in [0.25, 0.3) is 5.57 Å². The van der Waals surface area contributed by atoms with Crippen molar-refractivity contribution in [1.82, 2.24) is 0 Å². The lowest BCUT2D eigenvalue weighted by atomic mass is 10.0. The Morgan fingerprint density at radius 1 is 1.12 bits per heavy atom. The molecular formula is C22H25BrO3. The third kappa shape index (κ3) is 5.73. The highest BCUT2D eigenvalue weighted by Gasteiger charge is 2.11. The molecule has 0 spiro atoms. The first kappa shape index (κ1) is 20.2. The zero-order chi connectivity index (χ0) is 19.1. The average molecular weight is 417 g/mol. The minimum Gasteiger partial charge on any atom is -0.489 e. The monoisotopic (exact) mass is 416 g/mol. The van der Waals surface area contributed by atoms with Gasteiger partial charge in [-0.15, -0.1) is 0 Å². The van der Waals surface area contributed by atoms with Gasteiger partial charge in [-0.1, -0.05) is 54.0 Å². The molecule has 0 aliphatic carbocycles. The van der Waals surface area contributed by atoms with E-state index in [0.717, 1.165) is 22.2 Å². The molecule has 0 heterocycles. The Morgan fingerprint density at radius 3 is 2.27 bits per heavy atom. The van der Waals surface area contributed by atoms with Gasteiger partial charge in [0, 0.05) is 4.47 Å². The van der Waals surface area contributed by atoms with Gasteiger partial charge >= 0.3 is 5.97 Å². The summed E-state index contributed by atoms with van der Waals surface area (Å²) >= 11 is 3.47. The van der Waals surface area contributed by atoms with E-state index >= 15 is 0 Å². The number of ether oxygens (including phenoxy) is 1. The molecule has 26 heavy (non-hydrogen) atoms. The van der Waals surface area contributed by atoms with E-state index in [9.17, 15) is 4.79 Å². The van der Waals surface area contributed by atoms with Crippen molar-refractivity contribution in [3.63, 3.8) is 0 Å². The first-order chi connectivity index (χ1) is 12.4. The zero-order valence-corrected chi connectivity index (χ0v) is 17.0. The number of aliphatic carboxylic acids is 1. The fourth-order valence-corrected chi connectivity index (χ4v) is 2.98. The summed E-state index contributed by atoms with van der Waals surface area (Å²) in [5, 5.41) is 9.00. The Balaban J connectivity index is 2.02. The molecule has 0 radical (unpaired) electrons. The Morgan fingerprint density at radius 2 is 1.73 bits per heavy atom. The average Bonchev–Trinajstić information content (AvgIpc) is 2.63. The van der Waals surface area contributed by atoms with Crippen molar-refractivity contribution in [2.24, 2.45) is 5.92 Å². The van der Waals surface area contributed by atoms with Crippen molar-refractivity contribution in [3.8, 4) is 5.75 Å². The van der Waals surface area contributed by atoms with Crippen molar-refractivity contribution in [3.05, 3.63) is 69.7 Å². The second kappa shape index (κ2) is 9.58. The van der Waals surface area contributed by atoms with E-state index in [1.807, 2.05) is 36.4 Å². The third-order valence-electron chi connectivity index (χ3n) is 4.53. The fraction of sp³-hybridized carbons (Fsp3) is 0.318. The van der Waals surface area contributed by atoms with Gasteiger partial charge in [0.1, 0.15) is 12.4 Å². The molecule has 0 aliphatic heterocycles. The van der Waals surface area contributed by atoms with Crippen molar-refractivity contribution in [2.45, 2.75) is 33.6 Å². The Bertz CT molecular complexity index is 761. The van der Waals surface area contributed by atoms with Crippen LogP contribution in [-0.4, -0.2) is 17.7 Å². The molecule has 0 aliphatic rings. The lowest BCUT2D eigenvalue weighted by molar-refractivity contribution is -0.141. The number of carboxylic acids is 1. The lowest BCUT2D eigenvalue weighted by Crippen LogP contribution is -2.12. The highest BCUT2D eigenvalue weighted by atomic mass is 79.9. The number of halogens is 1. The molecule has 0 saturated carbocycles. The number of hydrogen-bond donors (Lipinski definition) is 1. The molecule has 2 aromatic rings. The van der Waals surface area contributed by atoms with Gasteiger partial charge in [-0.25, -0.2) is 0 Å². The SMILES string of the molecule is CC/C(COc1ccc(CC(C)C(=O)O)cc1)=C(\C)c1ccc(Br)cc1. The van der Waals surface area contributed by atoms with Gasteiger partial charge in [-0.3, -0.25) is 4.79 Å². The molecule has 0 saturated heterocycles. The molecule has 0 fully saturated rings. The van der Waals surface area contributed by atoms with Crippen molar-refractivity contribution in [1.29, 1.82) is 0 Å². The fourth-order valence-electron chi connectivity index (χ4n) is 2.71. The largest absolute Gasteiger partial charge is 0.489 e. The van der Waals surface area contributed by atoms with Crippen LogP contribution in [0.2, 0.25) is 0 Å². The number of carbonyl (C=O) groups is 1. The van der Waals surface area contributed by atoms with E-state index in [4.69, 9.17) is 9.84 Å². The molecule has 2 aromatic carbocycles. The highest BCUT2D eigenvalue weighted by Crippen LogP contribution is 2.23. The molecule has 2 rings (SSSR count). The molecule has 0 aromatic heterocycles. The second-order valence-corrected chi connectivity index (χ2v) is 7.38. The smallest absolute Gasteiger partial charge is 0.306 e. The van der Waals surface area contributed by atoms with Gasteiger partial charge in [0.25, 0.3) is 0 Å². The van der Waals surface area contributed by atoms with Crippen LogP contribution >= 0.6 is 15.9 Å². The predicted molar refractivity (Wildman–Crippen MR) is 109 cm³/mol. The first-order valence-corrected chi connectivity index (χ1v) is 9.59. The molecular weight excluding hydrogens is 392 g/mol. The molecule has 1 unspecified atom stereocenters. The van der Waals surface area contributed by atoms with Gasteiger partial charge in [0.15, 0.2) is 0 Å². The van der Waals surface area contributed by atoms with Crippen LogP contribution in [0.5, 0.6) is 5.75 Å². The molecule has 1 N–H and O–H groups in total. The van der Waals surface area contributed by atoms with Crippen molar-refractivity contribution in [2.75, 3.05) is 6.61 Å². The number of benzene rings is 2. The van der Waals surface area contributed by atoms with Crippen LogP contribution in [0.15, 0.2) is 58.6 Å². The molecule has 3 nitrogen and oxygen atoms in total. The van der Waals surface area contributed by atoms with E-state index in [1.165, 1.54) is 16.7 Å². The van der Waals surface area contributed by atoms with Gasteiger partial charge in [0.2, 0.25) is 0 Å². The van der Waals surface area contributed by atoms with Gasteiger partial charge in [0.05, 0.1) is 5.92 Å². The Kier molecular flexibility index (Phi) is 7.46. The molecule has 0 amide bonds. The van der Waals surface area contributed by atoms with E-state index in [0.29, 0.717) is 13.0 Å². The van der Waals surface area contributed by atoms with Crippen molar-refractivity contribution >= 4 is 27.5 Å². The minimum absolute atomic E-state index is 0.384. The van der Waals surface area contributed by atoms with E-state index in [-0.39, 0.29) is 5.92 Å². The third-order valence-corrected chi connectivity index (χ3v) is 5.06. The van der Waals surface area contributed by atoms with Crippen LogP contribution in [0.4, 0.5) is 0 Å². The summed E-state index contributed by atoms with van der Waals surface area (Å²) < 4.78 is 7.02. The Labute approximate surface area is 163 Å². The summed E-state index contributed by atoms with van der Waals surface area (Å²) in [5.74, 6) is -0.359. The van der Waals surface area contributed by atoms with E-state index < -0.39 is 5.97 Å². The maximum Gasteiger partial charge on any atom is 0.306 e. The number of hydrogen-bond acceptors (Lipinski definition) is 2. The zero-order valence-electron chi connectivity index (χ0n) is 15.5. The standard InChI is InChI=1S/C22H25BrO3/c1-4-18(16(3)19-7-9-20(23)10-8-19)14-26-21-11-5-17(6-12-21)13-15(2)22(24)25/h5-12,15H,4,13-14H2,1-3H3,(H,24,25)/b18-16-. The van der Waals surface area contributed by atoms with Gasteiger partial charge in [-0.05, 0) is 66.3 Å². The molecule has 138 valence electrons. The first-order valence-electron chi connectivity index (χ1n) is 8.79. The van der Waals surface area contributed by atoms with E-state index in [2.05, 4.69) is 41.9 Å². The summed E-state index contributed by atoms with van der Waals surface area (Å²) in [6.45, 7) is 6.53.